The molecule has 3 amide bonds. The van der Waals surface area contributed by atoms with E-state index in [9.17, 15) is 14.4 Å². The van der Waals surface area contributed by atoms with Crippen molar-refractivity contribution in [3.63, 3.8) is 0 Å². The summed E-state index contributed by atoms with van der Waals surface area (Å²) in [5.41, 5.74) is 4.27. The second kappa shape index (κ2) is 11.4. The summed E-state index contributed by atoms with van der Waals surface area (Å²) in [6, 6.07) is 23.8. The lowest BCUT2D eigenvalue weighted by atomic mass is 10.1. The number of thioether (sulfide) groups is 1. The highest BCUT2D eigenvalue weighted by Crippen LogP contribution is 2.34. The van der Waals surface area contributed by atoms with Crippen LogP contribution in [0.4, 0.5) is 11.4 Å². The largest absolute Gasteiger partial charge is 0.352 e. The fraction of sp³-hybridized carbons (Fsp3) is 0.207. The molecule has 3 aromatic rings. The van der Waals surface area contributed by atoms with E-state index in [1.165, 1.54) is 22.2 Å². The molecule has 2 heterocycles. The van der Waals surface area contributed by atoms with Crippen molar-refractivity contribution in [1.29, 1.82) is 0 Å². The van der Waals surface area contributed by atoms with Gasteiger partial charge in [-0.2, -0.15) is 0 Å². The van der Waals surface area contributed by atoms with Gasteiger partial charge in [-0.05, 0) is 41.8 Å². The topological polar surface area (TPSA) is 103 Å². The molecule has 3 aromatic carbocycles. The average molecular weight is 526 g/mol. The van der Waals surface area contributed by atoms with E-state index in [1.54, 1.807) is 0 Å². The highest BCUT2D eigenvalue weighted by Gasteiger charge is 2.42. The molecule has 1 atom stereocenters. The molecule has 2 aliphatic rings. The number of carbonyl (C=O) groups is 3. The normalized spacial score (nSPS) is 15.8. The molecular weight excluding hydrogens is 498 g/mol. The first kappa shape index (κ1) is 25.4. The highest BCUT2D eigenvalue weighted by atomic mass is 32.2. The van der Waals surface area contributed by atoms with Crippen LogP contribution in [0.25, 0.3) is 0 Å². The van der Waals surface area contributed by atoms with E-state index in [2.05, 4.69) is 27.5 Å². The van der Waals surface area contributed by atoms with Crippen molar-refractivity contribution < 1.29 is 14.4 Å². The number of aliphatic imine (C=N–C) groups is 2. The number of amides is 3. The quantitative estimate of drug-likeness (QED) is 0.458. The second-order valence-corrected chi connectivity index (χ2v) is 9.85. The molecule has 0 radical (unpaired) electrons. The van der Waals surface area contributed by atoms with Crippen LogP contribution in [-0.4, -0.2) is 45.4 Å². The molecule has 0 saturated carbocycles. The summed E-state index contributed by atoms with van der Waals surface area (Å²) in [4.78, 5) is 49.4. The third kappa shape index (κ3) is 5.68. The number of nitrogens with zero attached hydrogens (tertiary/aromatic N) is 3. The molecule has 0 fully saturated rings. The van der Waals surface area contributed by atoms with Crippen LogP contribution in [0.15, 0.2) is 88.8 Å². The number of anilines is 1. The number of hydrogen-bond acceptors (Lipinski definition) is 6. The average Bonchev–Trinajstić information content (AvgIpc) is 3.27. The molecular formula is C29H27N5O3S. The molecule has 192 valence electrons. The SMILES string of the molecule is CCc1ccc(NC(=O)CSC2=Nc3ccccc3C3=N[C@@H](CC(=O)NCc4ccccc4)C(=O)N23)cc1. The Hall–Kier alpha value is -4.24. The number of fused-ring (bicyclic) bond motifs is 3. The van der Waals surface area contributed by atoms with E-state index < -0.39 is 6.04 Å². The van der Waals surface area contributed by atoms with Crippen LogP contribution in [0, 0.1) is 0 Å². The third-order valence-corrected chi connectivity index (χ3v) is 7.18. The van der Waals surface area contributed by atoms with Gasteiger partial charge in [-0.15, -0.1) is 0 Å². The summed E-state index contributed by atoms with van der Waals surface area (Å²) in [5, 5.41) is 6.12. The molecule has 0 aromatic heterocycles. The molecule has 0 aliphatic carbocycles. The van der Waals surface area contributed by atoms with Gasteiger partial charge in [0.15, 0.2) is 5.17 Å². The number of benzene rings is 3. The van der Waals surface area contributed by atoms with Gasteiger partial charge >= 0.3 is 0 Å². The van der Waals surface area contributed by atoms with Gasteiger partial charge < -0.3 is 10.6 Å². The summed E-state index contributed by atoms with van der Waals surface area (Å²) in [6.45, 7) is 2.45. The molecule has 0 unspecified atom stereocenters. The summed E-state index contributed by atoms with van der Waals surface area (Å²) >= 11 is 1.17. The zero-order chi connectivity index (χ0) is 26.5. The van der Waals surface area contributed by atoms with Crippen molar-refractivity contribution in [3.05, 3.63) is 95.6 Å². The number of para-hydroxylation sites is 1. The van der Waals surface area contributed by atoms with Crippen LogP contribution in [0.1, 0.15) is 30.0 Å². The van der Waals surface area contributed by atoms with Crippen molar-refractivity contribution in [3.8, 4) is 0 Å². The first-order valence-electron chi connectivity index (χ1n) is 12.4. The number of aryl methyl sites for hydroxylation is 1. The van der Waals surface area contributed by atoms with Crippen molar-refractivity contribution >= 4 is 51.9 Å². The molecule has 0 saturated heterocycles. The zero-order valence-corrected chi connectivity index (χ0v) is 21.7. The maximum atomic E-state index is 13.4. The van der Waals surface area contributed by atoms with Gasteiger partial charge in [0.25, 0.3) is 5.91 Å². The Bertz CT molecular complexity index is 1420. The molecule has 0 spiro atoms. The van der Waals surface area contributed by atoms with Crippen molar-refractivity contribution in [2.24, 2.45) is 9.98 Å². The van der Waals surface area contributed by atoms with E-state index in [-0.39, 0.29) is 29.9 Å². The Labute approximate surface area is 225 Å². The molecule has 8 nitrogen and oxygen atoms in total. The number of rotatable bonds is 8. The predicted molar refractivity (Wildman–Crippen MR) is 151 cm³/mol. The Morgan fingerprint density at radius 1 is 0.921 bits per heavy atom. The third-order valence-electron chi connectivity index (χ3n) is 6.24. The minimum Gasteiger partial charge on any atom is -0.352 e. The Balaban J connectivity index is 1.27. The smallest absolute Gasteiger partial charge is 0.259 e. The fourth-order valence-corrected chi connectivity index (χ4v) is 5.03. The van der Waals surface area contributed by atoms with E-state index >= 15 is 0 Å². The van der Waals surface area contributed by atoms with Gasteiger partial charge in [-0.1, -0.05) is 73.3 Å². The van der Waals surface area contributed by atoms with Gasteiger partial charge in [0.2, 0.25) is 11.8 Å². The van der Waals surface area contributed by atoms with Gasteiger partial charge in [-0.3, -0.25) is 19.4 Å². The van der Waals surface area contributed by atoms with Crippen molar-refractivity contribution in [2.45, 2.75) is 32.4 Å². The van der Waals surface area contributed by atoms with Gasteiger partial charge in [0.1, 0.15) is 11.9 Å². The minimum absolute atomic E-state index is 0.0653. The minimum atomic E-state index is -0.858. The lowest BCUT2D eigenvalue weighted by Gasteiger charge is -2.25. The van der Waals surface area contributed by atoms with Crippen LogP contribution >= 0.6 is 11.8 Å². The van der Waals surface area contributed by atoms with Gasteiger partial charge in [-0.25, -0.2) is 9.89 Å². The molecule has 9 heteroatoms. The molecule has 5 rings (SSSR count). The van der Waals surface area contributed by atoms with Crippen LogP contribution < -0.4 is 10.6 Å². The molecule has 2 N–H and O–H groups in total. The Kier molecular flexibility index (Phi) is 7.65. The number of carbonyl (C=O) groups excluding carboxylic acids is 3. The van der Waals surface area contributed by atoms with Crippen LogP contribution in [0.5, 0.6) is 0 Å². The van der Waals surface area contributed by atoms with Gasteiger partial charge in [0.05, 0.1) is 17.9 Å². The van der Waals surface area contributed by atoms with Crippen LogP contribution in [0.3, 0.4) is 0 Å². The Morgan fingerprint density at radius 3 is 2.42 bits per heavy atom. The maximum Gasteiger partial charge on any atom is 0.259 e. The lowest BCUT2D eigenvalue weighted by Crippen LogP contribution is -2.42. The lowest BCUT2D eigenvalue weighted by molar-refractivity contribution is -0.128. The fourth-order valence-electron chi connectivity index (χ4n) is 4.23. The molecule has 2 aliphatic heterocycles. The number of hydrogen-bond donors (Lipinski definition) is 2. The maximum absolute atomic E-state index is 13.4. The Morgan fingerprint density at radius 2 is 1.66 bits per heavy atom. The number of amidine groups is 2. The first-order valence-corrected chi connectivity index (χ1v) is 13.4. The van der Waals surface area contributed by atoms with Crippen LogP contribution in [-0.2, 0) is 27.3 Å². The predicted octanol–water partition coefficient (Wildman–Crippen LogP) is 4.29. The summed E-state index contributed by atoms with van der Waals surface area (Å²) < 4.78 is 0. The summed E-state index contributed by atoms with van der Waals surface area (Å²) in [6.07, 6.45) is 0.856. The summed E-state index contributed by atoms with van der Waals surface area (Å²) in [5.74, 6) is -0.270. The second-order valence-electron chi connectivity index (χ2n) is 8.91. The van der Waals surface area contributed by atoms with E-state index in [1.807, 2.05) is 78.9 Å². The highest BCUT2D eigenvalue weighted by molar-refractivity contribution is 8.14. The van der Waals surface area contributed by atoms with Crippen LogP contribution in [0.2, 0.25) is 0 Å². The summed E-state index contributed by atoms with van der Waals surface area (Å²) in [7, 11) is 0. The van der Waals surface area contributed by atoms with E-state index in [0.29, 0.717) is 28.9 Å². The van der Waals surface area contributed by atoms with Gasteiger partial charge in [0, 0.05) is 17.8 Å². The standard InChI is InChI=1S/C29H27N5O3S/c1-2-19-12-14-21(15-13-19)31-26(36)18-38-29-33-23-11-7-6-10-22(23)27-32-24(28(37)34(27)29)16-25(35)30-17-20-8-4-3-5-9-20/h3-15,24H,2,16-18H2,1H3,(H,30,35)(H,31,36)/t24-/m0/s1. The number of nitrogens with one attached hydrogen (secondary N) is 2. The monoisotopic (exact) mass is 525 g/mol. The molecule has 38 heavy (non-hydrogen) atoms. The van der Waals surface area contributed by atoms with Crippen molar-refractivity contribution in [1.82, 2.24) is 10.2 Å². The zero-order valence-electron chi connectivity index (χ0n) is 20.9. The van der Waals surface area contributed by atoms with Crippen molar-refractivity contribution in [2.75, 3.05) is 11.1 Å². The molecule has 0 bridgehead atoms. The first-order chi connectivity index (χ1) is 18.5. The van der Waals surface area contributed by atoms with E-state index in [4.69, 9.17) is 0 Å². The van der Waals surface area contributed by atoms with E-state index in [0.717, 1.165) is 17.5 Å².